The quantitative estimate of drug-likeness (QED) is 0.153. The molecule has 0 N–H and O–H groups in total. The molecule has 0 aromatic carbocycles. The molecule has 4 heteroatoms. The van der Waals surface area contributed by atoms with Gasteiger partial charge in [0.15, 0.2) is 0 Å². The lowest BCUT2D eigenvalue weighted by Gasteiger charge is -2.11. The van der Waals surface area contributed by atoms with Crippen molar-refractivity contribution in [1.29, 1.82) is 0 Å². The van der Waals surface area contributed by atoms with E-state index in [1.54, 1.807) is 14.0 Å². The summed E-state index contributed by atoms with van der Waals surface area (Å²) in [7, 11) is 1.63. The molecule has 0 aromatic rings. The molecule has 156 valence electrons. The smallest absolute Gasteiger partial charge is 0.110 e. The zero-order valence-electron chi connectivity index (χ0n) is 18.1. The highest BCUT2D eigenvalue weighted by Gasteiger charge is 2.03. The standard InChI is InChI=1S/C21H29FO2.C2H4.CH2O/c1-6-8-10-12-20(11-9-7-2)17-24-16-19(4)21(23-5)14-13-18(3)15-22;2*1-2/h7,11-13H,10,14-17H2,1-5H3;1-2H2;1H2/b18-13-,20-12+,21-19-;;. The molecule has 0 fully saturated rings. The number of hydrogen-bond donors (Lipinski definition) is 0. The molecule has 3 nitrogen and oxygen atoms in total. The number of carbonyl (C=O) groups is 1. The van der Waals surface area contributed by atoms with E-state index in [0.29, 0.717) is 31.6 Å². The maximum Gasteiger partial charge on any atom is 0.110 e. The van der Waals surface area contributed by atoms with Crippen LogP contribution in [0, 0.1) is 11.8 Å². The second-order valence-corrected chi connectivity index (χ2v) is 5.30. The Morgan fingerprint density at radius 3 is 2.29 bits per heavy atom. The van der Waals surface area contributed by atoms with E-state index in [4.69, 9.17) is 14.3 Å². The van der Waals surface area contributed by atoms with Crippen LogP contribution in [-0.2, 0) is 14.3 Å². The van der Waals surface area contributed by atoms with Crippen LogP contribution in [0.3, 0.4) is 0 Å². The average Bonchev–Trinajstić information content (AvgIpc) is 2.74. The molecule has 0 aliphatic carbocycles. The molecule has 0 saturated carbocycles. The highest BCUT2D eigenvalue weighted by molar-refractivity contribution is 5.21. The molecule has 0 aliphatic heterocycles. The first-order chi connectivity index (χ1) is 13.6. The number of halogens is 1. The van der Waals surface area contributed by atoms with Crippen LogP contribution in [0.4, 0.5) is 4.39 Å². The fourth-order valence-corrected chi connectivity index (χ4v) is 1.79. The first kappa shape index (κ1) is 30.1. The molecule has 0 atom stereocenters. The van der Waals surface area contributed by atoms with E-state index in [1.807, 2.05) is 51.9 Å². The summed E-state index contributed by atoms with van der Waals surface area (Å²) in [4.78, 5) is 8.00. The first-order valence-electron chi connectivity index (χ1n) is 8.85. The van der Waals surface area contributed by atoms with Gasteiger partial charge in [0.1, 0.15) is 19.2 Å². The van der Waals surface area contributed by atoms with Crippen molar-refractivity contribution in [2.75, 3.05) is 27.0 Å². The fraction of sp³-hybridized carbons (Fsp3) is 0.417. The predicted molar refractivity (Wildman–Crippen MR) is 118 cm³/mol. The lowest BCUT2D eigenvalue weighted by atomic mass is 10.1. The van der Waals surface area contributed by atoms with Gasteiger partial charge in [0.2, 0.25) is 0 Å². The second kappa shape index (κ2) is 24.4. The molecule has 0 spiro atoms. The fourth-order valence-electron chi connectivity index (χ4n) is 1.79. The third-order valence-corrected chi connectivity index (χ3v) is 3.23. The summed E-state index contributed by atoms with van der Waals surface area (Å²) in [5.74, 6) is 6.69. The summed E-state index contributed by atoms with van der Waals surface area (Å²) in [6, 6.07) is 0. The van der Waals surface area contributed by atoms with Crippen molar-refractivity contribution >= 4 is 6.79 Å². The molecule has 0 amide bonds. The van der Waals surface area contributed by atoms with Crippen LogP contribution in [0.15, 0.2) is 65.7 Å². The Hall–Kier alpha value is -2.60. The Kier molecular flexibility index (Phi) is 26.3. The molecule has 0 heterocycles. The van der Waals surface area contributed by atoms with E-state index in [-0.39, 0.29) is 0 Å². The summed E-state index contributed by atoms with van der Waals surface area (Å²) < 4.78 is 23.6. The minimum atomic E-state index is -0.432. The van der Waals surface area contributed by atoms with Crippen molar-refractivity contribution < 1.29 is 18.7 Å². The molecule has 0 bridgehead atoms. The maximum absolute atomic E-state index is 12.5. The molecule has 0 unspecified atom stereocenters. The number of alkyl halides is 1. The highest BCUT2D eigenvalue weighted by Crippen LogP contribution is 2.13. The van der Waals surface area contributed by atoms with Crippen LogP contribution in [-0.4, -0.2) is 33.8 Å². The lowest BCUT2D eigenvalue weighted by Crippen LogP contribution is -2.03. The molecule has 0 aliphatic rings. The van der Waals surface area contributed by atoms with Gasteiger partial charge in [-0.2, -0.15) is 0 Å². The van der Waals surface area contributed by atoms with E-state index in [9.17, 15) is 4.39 Å². The Morgan fingerprint density at radius 1 is 1.14 bits per heavy atom. The molecule has 0 saturated heterocycles. The molecule has 0 rings (SSSR count). The van der Waals surface area contributed by atoms with E-state index < -0.39 is 6.67 Å². The predicted octanol–water partition coefficient (Wildman–Crippen LogP) is 5.92. The second-order valence-electron chi connectivity index (χ2n) is 5.30. The monoisotopic (exact) mass is 390 g/mol. The van der Waals surface area contributed by atoms with Crippen LogP contribution >= 0.6 is 0 Å². The summed E-state index contributed by atoms with van der Waals surface area (Å²) >= 11 is 0. The highest BCUT2D eigenvalue weighted by atomic mass is 19.1. The van der Waals surface area contributed by atoms with Gasteiger partial charge in [0, 0.05) is 12.8 Å². The van der Waals surface area contributed by atoms with Crippen molar-refractivity contribution in [1.82, 2.24) is 0 Å². The van der Waals surface area contributed by atoms with E-state index >= 15 is 0 Å². The third kappa shape index (κ3) is 18.2. The number of methoxy groups -OCH3 is 1. The molecular weight excluding hydrogens is 355 g/mol. The van der Waals surface area contributed by atoms with Crippen LogP contribution in [0.25, 0.3) is 0 Å². The first-order valence-corrected chi connectivity index (χ1v) is 8.85. The minimum Gasteiger partial charge on any atom is -0.501 e. The normalized spacial score (nSPS) is 11.1. The van der Waals surface area contributed by atoms with Gasteiger partial charge in [-0.05, 0) is 56.6 Å². The zero-order valence-corrected chi connectivity index (χ0v) is 18.1. The van der Waals surface area contributed by atoms with E-state index in [1.165, 1.54) is 0 Å². The van der Waals surface area contributed by atoms with E-state index in [2.05, 4.69) is 30.7 Å². The van der Waals surface area contributed by atoms with Gasteiger partial charge < -0.3 is 14.3 Å². The van der Waals surface area contributed by atoms with Gasteiger partial charge in [-0.15, -0.1) is 24.8 Å². The van der Waals surface area contributed by atoms with Gasteiger partial charge in [0.25, 0.3) is 0 Å². The lowest BCUT2D eigenvalue weighted by molar-refractivity contribution is -0.0979. The van der Waals surface area contributed by atoms with Crippen molar-refractivity contribution in [2.24, 2.45) is 0 Å². The largest absolute Gasteiger partial charge is 0.501 e. The summed E-state index contributed by atoms with van der Waals surface area (Å²) in [5, 5.41) is 0. The average molecular weight is 391 g/mol. The Balaban J connectivity index is -0.00000146. The molecular formula is C24H35FO3. The zero-order chi connectivity index (χ0) is 22.2. The summed E-state index contributed by atoms with van der Waals surface area (Å²) in [5.41, 5.74) is 5.81. The Labute approximate surface area is 171 Å². The Morgan fingerprint density at radius 2 is 1.79 bits per heavy atom. The number of hydrogen-bond acceptors (Lipinski definition) is 3. The summed E-state index contributed by atoms with van der Waals surface area (Å²) in [6.07, 6.45) is 8.91. The molecule has 28 heavy (non-hydrogen) atoms. The Bertz CT molecular complexity index is 607. The minimum absolute atomic E-state index is 0.432. The van der Waals surface area contributed by atoms with Crippen molar-refractivity contribution in [3.8, 4) is 11.8 Å². The maximum atomic E-state index is 12.5. The van der Waals surface area contributed by atoms with Gasteiger partial charge in [-0.3, -0.25) is 0 Å². The van der Waals surface area contributed by atoms with Crippen LogP contribution in [0.2, 0.25) is 0 Å². The van der Waals surface area contributed by atoms with Crippen molar-refractivity contribution in [3.05, 3.63) is 65.7 Å². The SMILES string of the molecule is C=C.C=O.CC#CC/C=C(\C=C=CC)COC/C(C)=C(/C/C=C(/C)CF)OC. The third-order valence-electron chi connectivity index (χ3n) is 3.23. The topological polar surface area (TPSA) is 35.5 Å². The van der Waals surface area contributed by atoms with Crippen LogP contribution in [0.1, 0.15) is 40.5 Å². The number of carbonyl (C=O) groups excluding carboxylic acids is 1. The molecule has 0 radical (unpaired) electrons. The number of allylic oxidation sites excluding steroid dienone is 3. The van der Waals surface area contributed by atoms with Crippen molar-refractivity contribution in [3.63, 3.8) is 0 Å². The summed E-state index contributed by atoms with van der Waals surface area (Å²) in [6.45, 7) is 16.0. The van der Waals surface area contributed by atoms with Gasteiger partial charge in [0.05, 0.1) is 20.3 Å². The van der Waals surface area contributed by atoms with Gasteiger partial charge in [-0.25, -0.2) is 4.39 Å². The van der Waals surface area contributed by atoms with E-state index in [0.717, 1.165) is 16.9 Å². The van der Waals surface area contributed by atoms with Crippen molar-refractivity contribution in [2.45, 2.75) is 40.5 Å². The van der Waals surface area contributed by atoms with Crippen LogP contribution < -0.4 is 0 Å². The van der Waals surface area contributed by atoms with Gasteiger partial charge >= 0.3 is 0 Å². The number of ether oxygens (including phenoxy) is 2. The van der Waals surface area contributed by atoms with Gasteiger partial charge in [-0.1, -0.05) is 18.1 Å². The number of rotatable bonds is 10. The van der Waals surface area contributed by atoms with Crippen LogP contribution in [0.5, 0.6) is 0 Å². The molecule has 0 aromatic heterocycles.